The molecule has 0 saturated heterocycles. The van der Waals surface area contributed by atoms with Crippen LogP contribution in [0.3, 0.4) is 0 Å². The highest BCUT2D eigenvalue weighted by atomic mass is 32.2. The molecule has 2 aromatic rings. The highest BCUT2D eigenvalue weighted by molar-refractivity contribution is 7.99. The lowest BCUT2D eigenvalue weighted by atomic mass is 10.0. The number of anilines is 2. The first-order valence-electron chi connectivity index (χ1n) is 7.77. The summed E-state index contributed by atoms with van der Waals surface area (Å²) in [6.07, 6.45) is 2.17. The molecule has 1 heterocycles. The van der Waals surface area contributed by atoms with Crippen LogP contribution < -0.4 is 10.0 Å². The van der Waals surface area contributed by atoms with Crippen molar-refractivity contribution < 1.29 is 27.5 Å². The summed E-state index contributed by atoms with van der Waals surface area (Å²) in [6.45, 7) is 0. The summed E-state index contributed by atoms with van der Waals surface area (Å²) in [5.74, 6) is -2.38. The van der Waals surface area contributed by atoms with E-state index in [-0.39, 0.29) is 29.3 Å². The molecule has 0 aromatic heterocycles. The second kappa shape index (κ2) is 7.20. The molecule has 1 aliphatic heterocycles. The highest BCUT2D eigenvalue weighted by Crippen LogP contribution is 2.32. The van der Waals surface area contributed by atoms with Crippen molar-refractivity contribution in [1.29, 1.82) is 0 Å². The summed E-state index contributed by atoms with van der Waals surface area (Å²) in [4.78, 5) is 22.3. The van der Waals surface area contributed by atoms with Gasteiger partial charge < -0.3 is 10.4 Å². The van der Waals surface area contributed by atoms with Gasteiger partial charge in [-0.2, -0.15) is 0 Å². The minimum Gasteiger partial charge on any atom is -0.478 e. The van der Waals surface area contributed by atoms with Crippen LogP contribution in [0, 0.1) is 5.82 Å². The van der Waals surface area contributed by atoms with Gasteiger partial charge in [-0.05, 0) is 48.6 Å². The second-order valence-corrected chi connectivity index (χ2v) is 8.31. The van der Waals surface area contributed by atoms with Gasteiger partial charge in [0.2, 0.25) is 5.91 Å². The van der Waals surface area contributed by atoms with Gasteiger partial charge in [0.25, 0.3) is 10.0 Å². The molecule has 0 fully saturated rings. The number of sulfonamides is 1. The summed E-state index contributed by atoms with van der Waals surface area (Å²) in [6, 6.07) is 6.12. The summed E-state index contributed by atoms with van der Waals surface area (Å²) in [5, 5.41) is 11.6. The quantitative estimate of drug-likeness (QED) is 0.654. The number of fused-ring (bicyclic) bond motifs is 1. The molecule has 2 aromatic carbocycles. The van der Waals surface area contributed by atoms with Gasteiger partial charge in [0.15, 0.2) is 0 Å². The van der Waals surface area contributed by atoms with E-state index in [1.54, 1.807) is 6.26 Å². The Kier molecular flexibility index (Phi) is 5.11. The normalized spacial score (nSPS) is 13.6. The van der Waals surface area contributed by atoms with Crippen LogP contribution in [0.15, 0.2) is 40.1 Å². The van der Waals surface area contributed by atoms with E-state index in [1.807, 2.05) is 0 Å². The molecule has 0 saturated carbocycles. The Morgan fingerprint density at radius 3 is 2.67 bits per heavy atom. The van der Waals surface area contributed by atoms with E-state index in [2.05, 4.69) is 10.0 Å². The third-order valence-electron chi connectivity index (χ3n) is 4.04. The maximum atomic E-state index is 14.4. The van der Waals surface area contributed by atoms with Gasteiger partial charge in [-0.1, -0.05) is 0 Å². The Labute approximate surface area is 159 Å². The van der Waals surface area contributed by atoms with Crippen LogP contribution >= 0.6 is 11.8 Å². The molecule has 3 N–H and O–H groups in total. The number of hydrogen-bond acceptors (Lipinski definition) is 5. The van der Waals surface area contributed by atoms with E-state index in [4.69, 9.17) is 5.11 Å². The van der Waals surface area contributed by atoms with Gasteiger partial charge in [-0.3, -0.25) is 9.52 Å². The Bertz CT molecular complexity index is 1050. The largest absolute Gasteiger partial charge is 0.478 e. The molecule has 0 bridgehead atoms. The van der Waals surface area contributed by atoms with Gasteiger partial charge in [0, 0.05) is 17.0 Å². The highest BCUT2D eigenvalue weighted by Gasteiger charge is 2.25. The second-order valence-electron chi connectivity index (χ2n) is 5.81. The summed E-state index contributed by atoms with van der Waals surface area (Å²) >= 11 is 1.16. The number of aromatic carboxylic acids is 1. The average molecular weight is 410 g/mol. The molecule has 27 heavy (non-hydrogen) atoms. The average Bonchev–Trinajstić information content (AvgIpc) is 2.60. The number of carboxylic acids is 1. The minimum atomic E-state index is -4.26. The van der Waals surface area contributed by atoms with E-state index < -0.39 is 26.7 Å². The maximum Gasteiger partial charge on any atom is 0.335 e. The predicted molar refractivity (Wildman–Crippen MR) is 99.3 cm³/mol. The van der Waals surface area contributed by atoms with Crippen LogP contribution in [0.25, 0.3) is 0 Å². The lowest BCUT2D eigenvalue weighted by Crippen LogP contribution is -2.21. The van der Waals surface area contributed by atoms with Crippen LogP contribution in [0.5, 0.6) is 0 Å². The third kappa shape index (κ3) is 3.91. The number of aryl methyl sites for hydroxylation is 1. The Morgan fingerprint density at radius 2 is 2.00 bits per heavy atom. The monoisotopic (exact) mass is 410 g/mol. The number of nitrogens with one attached hydrogen (secondary N) is 2. The molecule has 7 nitrogen and oxygen atoms in total. The van der Waals surface area contributed by atoms with Crippen LogP contribution in [-0.4, -0.2) is 31.7 Å². The molecular formula is C17H15FN2O5S2. The molecule has 142 valence electrons. The number of thioether (sulfide) groups is 1. The minimum absolute atomic E-state index is 0.0120. The van der Waals surface area contributed by atoms with Crippen LogP contribution in [0.4, 0.5) is 15.8 Å². The van der Waals surface area contributed by atoms with Gasteiger partial charge in [-0.25, -0.2) is 17.6 Å². The van der Waals surface area contributed by atoms with Crippen molar-refractivity contribution in [3.63, 3.8) is 0 Å². The van der Waals surface area contributed by atoms with Crippen molar-refractivity contribution in [1.82, 2.24) is 0 Å². The number of carbonyl (C=O) groups excluding carboxylic acids is 1. The number of carbonyl (C=O) groups is 2. The SMILES string of the molecule is CSc1cc(C(=O)O)ccc1NS(=O)(=O)c1cc2c(cc1F)NC(=O)CC2. The zero-order valence-electron chi connectivity index (χ0n) is 14.1. The number of amides is 1. The van der Waals surface area contributed by atoms with Crippen molar-refractivity contribution in [3.05, 3.63) is 47.3 Å². The van der Waals surface area contributed by atoms with E-state index in [1.165, 1.54) is 24.3 Å². The first-order chi connectivity index (χ1) is 12.7. The summed E-state index contributed by atoms with van der Waals surface area (Å²) in [5.41, 5.74) is 0.955. The summed E-state index contributed by atoms with van der Waals surface area (Å²) in [7, 11) is -4.26. The van der Waals surface area contributed by atoms with Crippen LogP contribution in [0.1, 0.15) is 22.3 Å². The van der Waals surface area contributed by atoms with Crippen molar-refractivity contribution in [2.75, 3.05) is 16.3 Å². The number of hydrogen-bond donors (Lipinski definition) is 3. The molecule has 3 rings (SSSR count). The van der Waals surface area contributed by atoms with Crippen molar-refractivity contribution >= 4 is 45.0 Å². The first kappa shape index (κ1) is 19.2. The molecule has 10 heteroatoms. The Hall–Kier alpha value is -2.59. The van der Waals surface area contributed by atoms with Gasteiger partial charge in [-0.15, -0.1) is 11.8 Å². The van der Waals surface area contributed by atoms with Gasteiger partial charge in [0.05, 0.1) is 11.3 Å². The molecule has 1 amide bonds. The van der Waals surface area contributed by atoms with E-state index in [0.717, 1.165) is 17.8 Å². The molecular weight excluding hydrogens is 395 g/mol. The fourth-order valence-electron chi connectivity index (χ4n) is 2.69. The fourth-order valence-corrected chi connectivity index (χ4v) is 4.53. The van der Waals surface area contributed by atoms with Crippen LogP contribution in [-0.2, 0) is 21.2 Å². The first-order valence-corrected chi connectivity index (χ1v) is 10.5. The van der Waals surface area contributed by atoms with Crippen molar-refractivity contribution in [3.8, 4) is 0 Å². The number of carboxylic acid groups (broad SMARTS) is 1. The lowest BCUT2D eigenvalue weighted by molar-refractivity contribution is -0.116. The zero-order valence-corrected chi connectivity index (χ0v) is 15.7. The Morgan fingerprint density at radius 1 is 1.26 bits per heavy atom. The smallest absolute Gasteiger partial charge is 0.335 e. The number of rotatable bonds is 5. The lowest BCUT2D eigenvalue weighted by Gasteiger charge is -2.19. The maximum absolute atomic E-state index is 14.4. The molecule has 0 unspecified atom stereocenters. The van der Waals surface area contributed by atoms with Crippen molar-refractivity contribution in [2.45, 2.75) is 22.6 Å². The number of halogens is 1. The molecule has 0 spiro atoms. The van der Waals surface area contributed by atoms with Gasteiger partial charge >= 0.3 is 5.97 Å². The van der Waals surface area contributed by atoms with Crippen molar-refractivity contribution in [2.24, 2.45) is 0 Å². The molecule has 0 aliphatic carbocycles. The molecule has 1 aliphatic rings. The Balaban J connectivity index is 1.98. The number of benzene rings is 2. The van der Waals surface area contributed by atoms with Gasteiger partial charge in [0.1, 0.15) is 10.7 Å². The van der Waals surface area contributed by atoms with E-state index in [0.29, 0.717) is 16.9 Å². The van der Waals surface area contributed by atoms with E-state index >= 15 is 0 Å². The van der Waals surface area contributed by atoms with Crippen LogP contribution in [0.2, 0.25) is 0 Å². The predicted octanol–water partition coefficient (Wildman–Crippen LogP) is 2.93. The zero-order chi connectivity index (χ0) is 19.8. The topological polar surface area (TPSA) is 113 Å². The molecule has 0 radical (unpaired) electrons. The fraction of sp³-hybridized carbons (Fsp3) is 0.176. The summed E-state index contributed by atoms with van der Waals surface area (Å²) < 4.78 is 42.1. The van der Waals surface area contributed by atoms with E-state index in [9.17, 15) is 22.4 Å². The molecule has 0 atom stereocenters. The standard InChI is InChI=1S/C17H15FN2O5S2/c1-26-14-6-10(17(22)23)2-4-12(14)20-27(24,25)15-7-9-3-5-16(21)19-13(9)8-11(15)18/h2,4,6-8,20H,3,5H2,1H3,(H,19,21)(H,22,23). The third-order valence-corrected chi connectivity index (χ3v) is 6.19.